The molecule has 0 bridgehead atoms. The number of halogens is 6. The van der Waals surface area contributed by atoms with Crippen LogP contribution in [0, 0.1) is 29.1 Å². The zero-order valence-electron chi connectivity index (χ0n) is 14.3. The topological polar surface area (TPSA) is 51.1 Å². The van der Waals surface area contributed by atoms with Gasteiger partial charge < -0.3 is 9.47 Å². The van der Waals surface area contributed by atoms with Crippen LogP contribution in [0.2, 0.25) is 5.02 Å². The predicted molar refractivity (Wildman–Crippen MR) is 92.4 cm³/mol. The van der Waals surface area contributed by atoms with Crippen LogP contribution in [0.25, 0.3) is 6.08 Å². The van der Waals surface area contributed by atoms with Gasteiger partial charge >= 0.3 is 0 Å². The standard InChI is InChI=1S/C18H8ClF5N2O3/c1-6-8(2-7-3-10-11(4-9(7)19)29-5-28-10)18(27)26(25-6)17-15(23)13(21)12(20)14(22)16(17)24/h2-4H,5H2,1H3/b8-2-. The number of nitrogens with zero attached hydrogens (tertiary/aromatic N) is 2. The number of anilines is 1. The lowest BCUT2D eigenvalue weighted by Crippen LogP contribution is -2.25. The Morgan fingerprint density at radius 2 is 1.55 bits per heavy atom. The molecule has 0 spiro atoms. The van der Waals surface area contributed by atoms with E-state index in [-0.39, 0.29) is 28.1 Å². The molecule has 2 aromatic rings. The van der Waals surface area contributed by atoms with Gasteiger partial charge in [0, 0.05) is 6.07 Å². The number of rotatable bonds is 2. The normalized spacial score (nSPS) is 16.8. The van der Waals surface area contributed by atoms with Crippen LogP contribution in [0.5, 0.6) is 11.5 Å². The second kappa shape index (κ2) is 6.73. The molecule has 0 unspecified atom stereocenters. The molecule has 0 atom stereocenters. The molecule has 0 aliphatic carbocycles. The predicted octanol–water partition coefficient (Wildman–Crippen LogP) is 4.57. The Balaban J connectivity index is 1.79. The first-order valence-electron chi connectivity index (χ1n) is 7.93. The summed E-state index contributed by atoms with van der Waals surface area (Å²) in [6.07, 6.45) is 1.26. The van der Waals surface area contributed by atoms with E-state index in [2.05, 4.69) is 5.10 Å². The lowest BCUT2D eigenvalue weighted by molar-refractivity contribution is -0.114. The van der Waals surface area contributed by atoms with Crippen molar-refractivity contribution >= 4 is 35.0 Å². The summed E-state index contributed by atoms with van der Waals surface area (Å²) in [6.45, 7) is 1.32. The number of amides is 1. The lowest BCUT2D eigenvalue weighted by atomic mass is 10.1. The van der Waals surface area contributed by atoms with E-state index in [0.29, 0.717) is 17.1 Å². The molecule has 0 fully saturated rings. The summed E-state index contributed by atoms with van der Waals surface area (Å²) in [5.41, 5.74) is -1.35. The van der Waals surface area contributed by atoms with Gasteiger partial charge in [-0.2, -0.15) is 10.1 Å². The van der Waals surface area contributed by atoms with Gasteiger partial charge in [-0.05, 0) is 24.6 Å². The maximum Gasteiger partial charge on any atom is 0.280 e. The largest absolute Gasteiger partial charge is 0.454 e. The van der Waals surface area contributed by atoms with Gasteiger partial charge in [0.1, 0.15) is 5.69 Å². The number of hydrogen-bond acceptors (Lipinski definition) is 4. The molecule has 150 valence electrons. The number of hydrogen-bond donors (Lipinski definition) is 0. The first-order chi connectivity index (χ1) is 13.7. The van der Waals surface area contributed by atoms with Gasteiger partial charge in [0.25, 0.3) is 5.91 Å². The molecule has 0 saturated carbocycles. The Morgan fingerprint density at radius 3 is 2.17 bits per heavy atom. The zero-order chi connectivity index (χ0) is 21.0. The molecule has 4 rings (SSSR count). The summed E-state index contributed by atoms with van der Waals surface area (Å²) >= 11 is 6.14. The van der Waals surface area contributed by atoms with Crippen molar-refractivity contribution in [3.8, 4) is 11.5 Å². The van der Waals surface area contributed by atoms with Gasteiger partial charge in [0.2, 0.25) is 12.6 Å². The minimum atomic E-state index is -2.33. The third-order valence-electron chi connectivity index (χ3n) is 4.25. The molecule has 11 heteroatoms. The Kier molecular flexibility index (Phi) is 4.45. The minimum absolute atomic E-state index is 0.0148. The monoisotopic (exact) mass is 430 g/mol. The molecule has 2 aliphatic heterocycles. The summed E-state index contributed by atoms with van der Waals surface area (Å²) in [4.78, 5) is 12.6. The molecule has 0 saturated heterocycles. The van der Waals surface area contributed by atoms with E-state index < -0.39 is 40.7 Å². The third kappa shape index (κ3) is 2.91. The minimum Gasteiger partial charge on any atom is -0.454 e. The number of carbonyl (C=O) groups excluding carboxylic acids is 1. The van der Waals surface area contributed by atoms with E-state index in [1.165, 1.54) is 25.1 Å². The number of fused-ring (bicyclic) bond motifs is 1. The van der Waals surface area contributed by atoms with Gasteiger partial charge in [-0.15, -0.1) is 0 Å². The molecule has 5 nitrogen and oxygen atoms in total. The van der Waals surface area contributed by atoms with E-state index in [0.717, 1.165) is 0 Å². The van der Waals surface area contributed by atoms with Gasteiger partial charge in [-0.3, -0.25) is 4.79 Å². The Bertz CT molecular complexity index is 1120. The molecular weight excluding hydrogens is 423 g/mol. The molecule has 0 aromatic heterocycles. The molecule has 1 amide bonds. The third-order valence-corrected chi connectivity index (χ3v) is 4.58. The average Bonchev–Trinajstić information content (AvgIpc) is 3.24. The molecule has 2 aromatic carbocycles. The summed E-state index contributed by atoms with van der Waals surface area (Å²) in [5, 5.41) is 3.95. The summed E-state index contributed by atoms with van der Waals surface area (Å²) in [5.74, 6) is -11.4. The highest BCUT2D eigenvalue weighted by Crippen LogP contribution is 2.39. The number of hydrazone groups is 1. The van der Waals surface area contributed by atoms with Crippen LogP contribution in [-0.4, -0.2) is 18.4 Å². The van der Waals surface area contributed by atoms with E-state index >= 15 is 0 Å². The van der Waals surface area contributed by atoms with E-state index in [1.54, 1.807) is 0 Å². The fourth-order valence-corrected chi connectivity index (χ4v) is 3.02. The SMILES string of the molecule is CC1=NN(c2c(F)c(F)c(F)c(F)c2F)C(=O)/C1=C\c1cc2c(cc1Cl)OCO2. The van der Waals surface area contributed by atoms with Crippen LogP contribution in [0.3, 0.4) is 0 Å². The van der Waals surface area contributed by atoms with Crippen molar-refractivity contribution in [2.45, 2.75) is 6.92 Å². The smallest absolute Gasteiger partial charge is 0.280 e. The highest BCUT2D eigenvalue weighted by molar-refractivity contribution is 6.35. The Labute approximate surface area is 164 Å². The first-order valence-corrected chi connectivity index (χ1v) is 8.30. The van der Waals surface area contributed by atoms with Crippen LogP contribution >= 0.6 is 11.6 Å². The van der Waals surface area contributed by atoms with Gasteiger partial charge in [-0.25, -0.2) is 22.0 Å². The maximum absolute atomic E-state index is 14.1. The summed E-state index contributed by atoms with van der Waals surface area (Å²) in [6, 6.07) is 2.92. The van der Waals surface area contributed by atoms with Crippen molar-refractivity contribution in [3.63, 3.8) is 0 Å². The van der Waals surface area contributed by atoms with Crippen molar-refractivity contribution in [1.82, 2.24) is 0 Å². The Hall–Kier alpha value is -3.14. The average molecular weight is 431 g/mol. The number of carbonyl (C=O) groups is 1. The van der Waals surface area contributed by atoms with Crippen molar-refractivity contribution in [2.75, 3.05) is 11.8 Å². The first kappa shape index (κ1) is 19.2. The van der Waals surface area contributed by atoms with Crippen LogP contribution in [0.15, 0.2) is 22.8 Å². The second-order valence-corrected chi connectivity index (χ2v) is 6.41. The molecule has 0 radical (unpaired) electrons. The highest BCUT2D eigenvalue weighted by Gasteiger charge is 2.37. The van der Waals surface area contributed by atoms with Gasteiger partial charge in [0.15, 0.2) is 34.8 Å². The van der Waals surface area contributed by atoms with Crippen molar-refractivity contribution in [3.05, 3.63) is 57.4 Å². The van der Waals surface area contributed by atoms with E-state index in [1.807, 2.05) is 0 Å². The van der Waals surface area contributed by atoms with Crippen molar-refractivity contribution in [1.29, 1.82) is 0 Å². The quantitative estimate of drug-likeness (QED) is 0.303. The fraction of sp³-hybridized carbons (Fsp3) is 0.111. The summed E-state index contributed by atoms with van der Waals surface area (Å²) in [7, 11) is 0. The maximum atomic E-state index is 14.1. The van der Waals surface area contributed by atoms with E-state index in [4.69, 9.17) is 21.1 Å². The van der Waals surface area contributed by atoms with Crippen LogP contribution in [-0.2, 0) is 4.79 Å². The zero-order valence-corrected chi connectivity index (χ0v) is 15.1. The van der Waals surface area contributed by atoms with Gasteiger partial charge in [-0.1, -0.05) is 11.6 Å². The Morgan fingerprint density at radius 1 is 1.00 bits per heavy atom. The molecule has 0 N–H and O–H groups in total. The number of ether oxygens (including phenoxy) is 2. The van der Waals surface area contributed by atoms with Crippen LogP contribution < -0.4 is 14.5 Å². The molecule has 2 aliphatic rings. The van der Waals surface area contributed by atoms with Crippen LogP contribution in [0.1, 0.15) is 12.5 Å². The molecule has 2 heterocycles. The summed E-state index contributed by atoms with van der Waals surface area (Å²) < 4.78 is 78.8. The molecule has 29 heavy (non-hydrogen) atoms. The fourth-order valence-electron chi connectivity index (χ4n) is 2.81. The highest BCUT2D eigenvalue weighted by atomic mass is 35.5. The second-order valence-electron chi connectivity index (χ2n) is 6.01. The molecular formula is C18H8ClF5N2O3. The number of benzene rings is 2. The van der Waals surface area contributed by atoms with Crippen LogP contribution in [0.4, 0.5) is 27.6 Å². The van der Waals surface area contributed by atoms with Crippen molar-refractivity contribution in [2.24, 2.45) is 5.10 Å². The van der Waals surface area contributed by atoms with Crippen molar-refractivity contribution < 1.29 is 36.2 Å². The van der Waals surface area contributed by atoms with Gasteiger partial charge in [0.05, 0.1) is 16.3 Å². The lowest BCUT2D eigenvalue weighted by Gasteiger charge is -2.15. The van der Waals surface area contributed by atoms with E-state index in [9.17, 15) is 26.7 Å².